The Bertz CT molecular complexity index is 1070. The number of aliphatic hydroxyl groups is 1. The van der Waals surface area contributed by atoms with E-state index in [9.17, 15) is 9.32 Å². The number of piperazine rings is 1. The lowest BCUT2D eigenvalue weighted by atomic mass is 10.1. The van der Waals surface area contributed by atoms with Crippen LogP contribution in [-0.2, 0) is 11.0 Å². The zero-order chi connectivity index (χ0) is 22.5. The molecule has 32 heavy (non-hydrogen) atoms. The summed E-state index contributed by atoms with van der Waals surface area (Å²) in [4.78, 5) is 5.31. The molecule has 2 aromatic rings. The average molecular weight is 452 g/mol. The van der Waals surface area contributed by atoms with Crippen molar-refractivity contribution in [3.63, 3.8) is 0 Å². The quantitative estimate of drug-likeness (QED) is 0.648. The summed E-state index contributed by atoms with van der Waals surface area (Å²) >= 11 is 0. The number of nitrogens with zero attached hydrogens (tertiary/aromatic N) is 2. The van der Waals surface area contributed by atoms with Crippen molar-refractivity contribution in [2.75, 3.05) is 37.4 Å². The van der Waals surface area contributed by atoms with E-state index in [1.54, 1.807) is 0 Å². The van der Waals surface area contributed by atoms with E-state index in [-0.39, 0.29) is 0 Å². The monoisotopic (exact) mass is 451 g/mol. The van der Waals surface area contributed by atoms with Gasteiger partial charge in [0.1, 0.15) is 6.23 Å². The lowest BCUT2D eigenvalue weighted by Gasteiger charge is -2.37. The van der Waals surface area contributed by atoms with E-state index < -0.39 is 17.2 Å². The van der Waals surface area contributed by atoms with Gasteiger partial charge in [0.25, 0.3) is 0 Å². The van der Waals surface area contributed by atoms with Crippen molar-refractivity contribution in [1.29, 1.82) is 0 Å². The van der Waals surface area contributed by atoms with E-state index in [4.69, 9.17) is 0 Å². The molecule has 0 spiro atoms. The minimum absolute atomic E-state index is 0.608. The number of hydrogen-bond acceptors (Lipinski definition) is 4. The van der Waals surface area contributed by atoms with E-state index in [1.165, 1.54) is 19.4 Å². The third-order valence-electron chi connectivity index (χ3n) is 6.22. The zero-order valence-corrected chi connectivity index (χ0v) is 19.6. The van der Waals surface area contributed by atoms with Crippen molar-refractivity contribution in [1.82, 2.24) is 9.80 Å². The molecule has 1 aliphatic heterocycles. The standard InChI is InChI=1S/C26H33N3O2S/c1-3-4-6-22-7-5-8-25(20(22)2)32(31)27-24-13-11-23(12-14-24)26(30)29-17-15-28(16-18-29)19-21-9-10-21/h3-8,11-14,21,26-27,30H,2,9-10,15-19H2,1H3/b4-3-,22-6-. The second-order valence-corrected chi connectivity index (χ2v) is 9.84. The highest BCUT2D eigenvalue weighted by molar-refractivity contribution is 7.86. The van der Waals surface area contributed by atoms with Crippen LogP contribution in [0.15, 0.2) is 59.5 Å². The molecular weight excluding hydrogens is 418 g/mol. The van der Waals surface area contributed by atoms with Crippen LogP contribution in [0.4, 0.5) is 5.69 Å². The first kappa shape index (κ1) is 22.9. The maximum Gasteiger partial charge on any atom is 0.150 e. The van der Waals surface area contributed by atoms with Crippen LogP contribution >= 0.6 is 0 Å². The first-order chi connectivity index (χ1) is 15.5. The number of allylic oxidation sites excluding steroid dienone is 2. The van der Waals surface area contributed by atoms with Gasteiger partial charge in [0.15, 0.2) is 11.0 Å². The van der Waals surface area contributed by atoms with Gasteiger partial charge in [-0.3, -0.25) is 4.90 Å². The molecule has 2 fully saturated rings. The molecule has 1 aliphatic carbocycles. The predicted molar refractivity (Wildman–Crippen MR) is 133 cm³/mol. The first-order valence-corrected chi connectivity index (χ1v) is 12.5. The van der Waals surface area contributed by atoms with Crippen LogP contribution in [0.25, 0.3) is 12.7 Å². The summed E-state index contributed by atoms with van der Waals surface area (Å²) in [6.07, 6.45) is 8.01. The lowest BCUT2D eigenvalue weighted by molar-refractivity contribution is -0.0278. The van der Waals surface area contributed by atoms with Crippen molar-refractivity contribution < 1.29 is 9.32 Å². The highest BCUT2D eigenvalue weighted by Gasteiger charge is 2.28. The van der Waals surface area contributed by atoms with Gasteiger partial charge in [0.05, 0.1) is 4.90 Å². The van der Waals surface area contributed by atoms with Crippen molar-refractivity contribution in [3.8, 4) is 0 Å². The maximum atomic E-state index is 12.9. The van der Waals surface area contributed by atoms with Crippen LogP contribution in [0.3, 0.4) is 0 Å². The number of aliphatic hydroxyl groups excluding tert-OH is 1. The molecule has 1 heterocycles. The van der Waals surface area contributed by atoms with Crippen molar-refractivity contribution in [3.05, 3.63) is 70.6 Å². The smallest absolute Gasteiger partial charge is 0.150 e. The third-order valence-corrected chi connectivity index (χ3v) is 7.43. The molecule has 0 bridgehead atoms. The number of rotatable bonds is 8. The fourth-order valence-corrected chi connectivity index (χ4v) is 5.07. The van der Waals surface area contributed by atoms with E-state index in [2.05, 4.69) is 21.1 Å². The topological polar surface area (TPSA) is 55.8 Å². The Hall–Kier alpha value is -2.25. The fourth-order valence-electron chi connectivity index (χ4n) is 4.06. The van der Waals surface area contributed by atoms with Crippen molar-refractivity contribution >= 4 is 29.3 Å². The summed E-state index contributed by atoms with van der Waals surface area (Å²) in [5, 5.41) is 12.5. The molecule has 2 atom stereocenters. The Kier molecular flexibility index (Phi) is 7.58. The molecule has 2 aliphatic rings. The molecule has 5 nitrogen and oxygen atoms in total. The third kappa shape index (κ3) is 5.75. The van der Waals surface area contributed by atoms with Gasteiger partial charge in [-0.1, -0.05) is 49.1 Å². The lowest BCUT2D eigenvalue weighted by Crippen LogP contribution is -2.48. The summed E-state index contributed by atoms with van der Waals surface area (Å²) in [6, 6.07) is 13.2. The fraction of sp³-hybridized carbons (Fsp3) is 0.385. The first-order valence-electron chi connectivity index (χ1n) is 11.4. The van der Waals surface area contributed by atoms with Gasteiger partial charge in [-0.15, -0.1) is 0 Å². The van der Waals surface area contributed by atoms with Gasteiger partial charge >= 0.3 is 0 Å². The zero-order valence-electron chi connectivity index (χ0n) is 18.7. The molecule has 1 saturated heterocycles. The van der Waals surface area contributed by atoms with Gasteiger partial charge < -0.3 is 14.7 Å². The predicted octanol–water partition coefficient (Wildman–Crippen LogP) is 2.61. The van der Waals surface area contributed by atoms with Crippen LogP contribution < -0.4 is 15.2 Å². The van der Waals surface area contributed by atoms with Crippen LogP contribution in [0.1, 0.15) is 31.6 Å². The summed E-state index contributed by atoms with van der Waals surface area (Å²) in [5.74, 6) is 0.908. The Morgan fingerprint density at radius 2 is 1.88 bits per heavy atom. The van der Waals surface area contributed by atoms with Gasteiger partial charge in [0, 0.05) is 38.4 Å². The molecule has 0 radical (unpaired) electrons. The highest BCUT2D eigenvalue weighted by Crippen LogP contribution is 2.30. The largest absolute Gasteiger partial charge is 0.374 e. The second kappa shape index (κ2) is 10.6. The normalized spacial score (nSPS) is 20.5. The summed E-state index contributed by atoms with van der Waals surface area (Å²) in [5.41, 5.74) is 1.61. The molecule has 2 aromatic carbocycles. The number of benzene rings is 2. The van der Waals surface area contributed by atoms with E-state index in [0.29, 0.717) is 4.90 Å². The molecule has 0 aromatic heterocycles. The molecule has 2 unspecified atom stereocenters. The van der Waals surface area contributed by atoms with Crippen LogP contribution in [0, 0.1) is 5.92 Å². The average Bonchev–Trinajstić information content (AvgIpc) is 3.63. The summed E-state index contributed by atoms with van der Waals surface area (Å²) < 4.78 is 16.0. The van der Waals surface area contributed by atoms with Crippen LogP contribution in [-0.4, -0.2) is 51.8 Å². The number of nitrogens with one attached hydrogen (secondary N) is 1. The van der Waals surface area contributed by atoms with Gasteiger partial charge in [-0.05, 0) is 59.9 Å². The Morgan fingerprint density at radius 3 is 2.53 bits per heavy atom. The van der Waals surface area contributed by atoms with E-state index >= 15 is 0 Å². The molecule has 4 rings (SSSR count). The number of hydrogen-bond donors (Lipinski definition) is 2. The van der Waals surface area contributed by atoms with E-state index in [0.717, 1.165) is 53.8 Å². The van der Waals surface area contributed by atoms with Crippen molar-refractivity contribution in [2.24, 2.45) is 5.92 Å². The second-order valence-electron chi connectivity index (χ2n) is 8.66. The molecule has 6 heteroatoms. The Balaban J connectivity index is 1.36. The molecule has 0 amide bonds. The van der Waals surface area contributed by atoms with Gasteiger partial charge in [0.2, 0.25) is 0 Å². The van der Waals surface area contributed by atoms with Crippen LogP contribution in [0.5, 0.6) is 0 Å². The molecular formula is C26H33N3O2S. The van der Waals surface area contributed by atoms with Crippen molar-refractivity contribution in [2.45, 2.75) is 30.9 Å². The molecule has 1 saturated carbocycles. The minimum atomic E-state index is -1.42. The van der Waals surface area contributed by atoms with Gasteiger partial charge in [-0.2, -0.15) is 0 Å². The summed E-state index contributed by atoms with van der Waals surface area (Å²) in [7, 11) is -1.42. The van der Waals surface area contributed by atoms with Crippen LogP contribution in [0.2, 0.25) is 0 Å². The summed E-state index contributed by atoms with van der Waals surface area (Å²) in [6.45, 7) is 11.1. The minimum Gasteiger partial charge on any atom is -0.374 e. The maximum absolute atomic E-state index is 12.9. The van der Waals surface area contributed by atoms with Gasteiger partial charge in [-0.25, -0.2) is 4.21 Å². The van der Waals surface area contributed by atoms with E-state index in [1.807, 2.05) is 67.6 Å². The highest BCUT2D eigenvalue weighted by atomic mass is 32.2. The number of anilines is 1. The molecule has 2 N–H and O–H groups in total. The molecule has 170 valence electrons. The SMILES string of the molecule is C=c1c(S(=O)Nc2ccc(C(O)N3CCN(CC4CC4)CC3)cc2)ccc/c1=C/C=C\C. The Labute approximate surface area is 193 Å². The Morgan fingerprint density at radius 1 is 1.16 bits per heavy atom.